The Morgan fingerprint density at radius 3 is 2.56 bits per heavy atom. The van der Waals surface area contributed by atoms with Gasteiger partial charge in [0.1, 0.15) is 18.1 Å². The van der Waals surface area contributed by atoms with Crippen molar-refractivity contribution in [1.29, 1.82) is 0 Å². The van der Waals surface area contributed by atoms with E-state index in [1.165, 1.54) is 27.6 Å². The number of anilines is 2. The third kappa shape index (κ3) is 5.70. The molecule has 13 nitrogen and oxygen atoms in total. The highest BCUT2D eigenvalue weighted by molar-refractivity contribution is 7.72. The summed E-state index contributed by atoms with van der Waals surface area (Å²) in [6.45, 7) is 0. The average molecular weight is 622 g/mol. The molecule has 0 saturated carbocycles. The molecule has 5 atom stereocenters. The summed E-state index contributed by atoms with van der Waals surface area (Å²) in [5.74, 6) is -0.865. The van der Waals surface area contributed by atoms with E-state index in [0.717, 1.165) is 17.7 Å². The maximum Gasteiger partial charge on any atom is 0.335 e. The van der Waals surface area contributed by atoms with Gasteiger partial charge in [0.15, 0.2) is 23.2 Å². The number of benzene rings is 2. The number of ether oxygens (including phenoxy) is 1. The van der Waals surface area contributed by atoms with Gasteiger partial charge < -0.3 is 34.9 Å². The molecule has 41 heavy (non-hydrogen) atoms. The molecule has 1 saturated heterocycles. The zero-order valence-corrected chi connectivity index (χ0v) is 23.8. The summed E-state index contributed by atoms with van der Waals surface area (Å²) in [5, 5.41) is 24.5. The van der Waals surface area contributed by atoms with Crippen LogP contribution in [0.5, 0.6) is 0 Å². The van der Waals surface area contributed by atoms with E-state index in [-0.39, 0.29) is 17.4 Å². The number of fused-ring (bicyclic) bond motifs is 4. The van der Waals surface area contributed by atoms with Crippen LogP contribution in [0, 0.1) is 0 Å². The normalized spacial score (nSPS) is 23.4. The van der Waals surface area contributed by atoms with Crippen LogP contribution in [0.4, 0.5) is 11.5 Å². The van der Waals surface area contributed by atoms with E-state index in [2.05, 4.69) is 32.4 Å². The number of nitrogens with zero attached hydrogens (tertiary/aromatic N) is 4. The lowest BCUT2D eigenvalue weighted by atomic mass is 10.1. The number of aliphatic hydroxyl groups excluding tert-OH is 2. The van der Waals surface area contributed by atoms with Crippen LogP contribution in [-0.2, 0) is 20.3 Å². The number of halogens is 1. The van der Waals surface area contributed by atoms with Crippen LogP contribution in [0.1, 0.15) is 23.8 Å². The topological polar surface area (TPSA) is 200 Å². The zero-order valence-electron chi connectivity index (χ0n) is 21.3. The lowest BCUT2D eigenvalue weighted by molar-refractivity contribution is -0.0354. The molecule has 2 aromatic heterocycles. The van der Waals surface area contributed by atoms with Gasteiger partial charge in [0.05, 0.1) is 12.4 Å². The van der Waals surface area contributed by atoms with Crippen LogP contribution in [0.15, 0.2) is 48.8 Å². The van der Waals surface area contributed by atoms with Crippen molar-refractivity contribution in [2.75, 3.05) is 17.4 Å². The molecule has 6 rings (SSSR count). The first-order valence-electron chi connectivity index (χ1n) is 12.6. The standard InChI is InChI=1S/C25H26ClN5O8P2/c26-25-29-22(28-15-6-5-14-9-13-3-1-2-4-16(13)17(14)10-15)19-23(30-25)31(11-27-19)24-21(33)20(32)18(39-24)7-8-40(34,35)12-41(36,37)38/h1-6,10-11,18,20-21,24,32-33H,7-9,12H2,(H,34,35)(H,28,29,30)(H2,36,37,38)/t18-,20?,21?,24-/m1/s1. The fourth-order valence-electron chi connectivity index (χ4n) is 5.39. The maximum absolute atomic E-state index is 12.2. The summed E-state index contributed by atoms with van der Waals surface area (Å²) >= 11 is 6.25. The predicted molar refractivity (Wildman–Crippen MR) is 150 cm³/mol. The van der Waals surface area contributed by atoms with Crippen molar-refractivity contribution in [3.05, 3.63) is 65.2 Å². The summed E-state index contributed by atoms with van der Waals surface area (Å²) < 4.78 is 30.6. The highest BCUT2D eigenvalue weighted by atomic mass is 35.5. The van der Waals surface area contributed by atoms with Crippen LogP contribution in [0.25, 0.3) is 22.3 Å². The van der Waals surface area contributed by atoms with Crippen molar-refractivity contribution in [3.8, 4) is 11.1 Å². The summed E-state index contributed by atoms with van der Waals surface area (Å²) in [7, 11) is -8.92. The Morgan fingerprint density at radius 1 is 1.02 bits per heavy atom. The molecule has 2 aliphatic rings. The highest BCUT2D eigenvalue weighted by Gasteiger charge is 2.45. The fourth-order valence-corrected chi connectivity index (χ4v) is 9.08. The molecular weight excluding hydrogens is 596 g/mol. The number of aliphatic hydroxyl groups is 2. The molecular formula is C25H26ClN5O8P2. The molecule has 0 radical (unpaired) electrons. The minimum Gasteiger partial charge on any atom is -0.388 e. The molecule has 0 bridgehead atoms. The minimum atomic E-state index is -4.72. The second-order valence-corrected chi connectivity index (χ2v) is 15.1. The molecule has 3 heterocycles. The maximum atomic E-state index is 12.2. The van der Waals surface area contributed by atoms with Crippen molar-refractivity contribution in [2.24, 2.45) is 0 Å². The quantitative estimate of drug-likeness (QED) is 0.109. The Bertz CT molecular complexity index is 1750. The molecule has 0 amide bonds. The van der Waals surface area contributed by atoms with E-state index in [4.69, 9.17) is 26.1 Å². The van der Waals surface area contributed by atoms with E-state index in [1.54, 1.807) is 0 Å². The number of imidazole rings is 1. The van der Waals surface area contributed by atoms with E-state index in [9.17, 15) is 24.2 Å². The Morgan fingerprint density at radius 2 is 1.78 bits per heavy atom. The minimum absolute atomic E-state index is 0.100. The molecule has 1 aliphatic carbocycles. The highest BCUT2D eigenvalue weighted by Crippen LogP contribution is 2.55. The molecule has 16 heteroatoms. The number of aromatic nitrogens is 4. The van der Waals surface area contributed by atoms with Gasteiger partial charge >= 0.3 is 7.60 Å². The molecule has 0 spiro atoms. The Hall–Kier alpha value is -2.70. The third-order valence-corrected chi connectivity index (χ3v) is 11.6. The van der Waals surface area contributed by atoms with E-state index in [0.29, 0.717) is 11.3 Å². The monoisotopic (exact) mass is 621 g/mol. The van der Waals surface area contributed by atoms with E-state index in [1.807, 2.05) is 30.3 Å². The summed E-state index contributed by atoms with van der Waals surface area (Å²) in [6, 6.07) is 14.2. The lowest BCUT2D eigenvalue weighted by Crippen LogP contribution is -2.32. The third-order valence-electron chi connectivity index (χ3n) is 7.23. The summed E-state index contributed by atoms with van der Waals surface area (Å²) in [6.07, 6.45) is -3.69. The Labute approximate surface area is 238 Å². The molecule has 4 aromatic rings. The van der Waals surface area contributed by atoms with Gasteiger partial charge in [-0.3, -0.25) is 13.7 Å². The molecule has 1 aliphatic heterocycles. The molecule has 3 unspecified atom stereocenters. The van der Waals surface area contributed by atoms with Gasteiger partial charge in [-0.15, -0.1) is 0 Å². The second kappa shape index (κ2) is 10.5. The van der Waals surface area contributed by atoms with Crippen molar-refractivity contribution in [3.63, 3.8) is 0 Å². The number of hydrogen-bond donors (Lipinski definition) is 6. The van der Waals surface area contributed by atoms with Crippen LogP contribution >= 0.6 is 26.6 Å². The largest absolute Gasteiger partial charge is 0.388 e. The van der Waals surface area contributed by atoms with Gasteiger partial charge in [-0.2, -0.15) is 9.97 Å². The first kappa shape index (κ1) is 28.4. The Kier molecular flexibility index (Phi) is 7.30. The van der Waals surface area contributed by atoms with Gasteiger partial charge in [-0.1, -0.05) is 30.3 Å². The van der Waals surface area contributed by atoms with E-state index < -0.39 is 51.6 Å². The number of hydrogen-bond acceptors (Lipinski definition) is 9. The summed E-state index contributed by atoms with van der Waals surface area (Å²) in [4.78, 5) is 41.0. The second-order valence-electron chi connectivity index (χ2n) is 10.2. The van der Waals surface area contributed by atoms with Crippen molar-refractivity contribution in [1.82, 2.24) is 19.5 Å². The predicted octanol–water partition coefficient (Wildman–Crippen LogP) is 3.21. The van der Waals surface area contributed by atoms with Crippen LogP contribution in [0.2, 0.25) is 5.28 Å². The van der Waals surface area contributed by atoms with Gasteiger partial charge in [0, 0.05) is 11.8 Å². The van der Waals surface area contributed by atoms with Gasteiger partial charge in [-0.05, 0) is 58.8 Å². The van der Waals surface area contributed by atoms with Gasteiger partial charge in [0.2, 0.25) is 12.7 Å². The molecule has 216 valence electrons. The van der Waals surface area contributed by atoms with Crippen molar-refractivity contribution in [2.45, 2.75) is 37.4 Å². The number of nitrogens with one attached hydrogen (secondary N) is 1. The fraction of sp³-hybridized carbons (Fsp3) is 0.320. The molecule has 6 N–H and O–H groups in total. The smallest absolute Gasteiger partial charge is 0.335 e. The average Bonchev–Trinajstić information content (AvgIpc) is 3.55. The molecule has 1 fully saturated rings. The van der Waals surface area contributed by atoms with Gasteiger partial charge in [0.25, 0.3) is 0 Å². The zero-order chi connectivity index (χ0) is 29.1. The first-order chi connectivity index (χ1) is 19.4. The Balaban J connectivity index is 1.24. The van der Waals surface area contributed by atoms with Crippen molar-refractivity contribution < 1.29 is 38.8 Å². The molecule has 2 aromatic carbocycles. The summed E-state index contributed by atoms with van der Waals surface area (Å²) in [5.41, 5.74) is 6.04. The van der Waals surface area contributed by atoms with Gasteiger partial charge in [-0.25, -0.2) is 4.98 Å². The van der Waals surface area contributed by atoms with E-state index >= 15 is 0 Å². The first-order valence-corrected chi connectivity index (χ1v) is 16.8. The van der Waals surface area contributed by atoms with Crippen LogP contribution in [-0.4, -0.2) is 74.8 Å². The van der Waals surface area contributed by atoms with Crippen molar-refractivity contribution >= 4 is 49.2 Å². The lowest BCUT2D eigenvalue weighted by Gasteiger charge is -2.18. The SMILES string of the molecule is O=P(O)(O)CP(=O)(O)CC[C@H]1O[C@@H](n2cnc3c(Nc4ccc5c(c4)-c4ccccc4C5)nc(Cl)nc32)C(O)C1O. The van der Waals surface area contributed by atoms with Crippen LogP contribution in [0.3, 0.4) is 0 Å². The number of rotatable bonds is 8. The van der Waals surface area contributed by atoms with Crippen LogP contribution < -0.4 is 5.32 Å².